The number of hydrogen-bond acceptors (Lipinski definition) is 3. The van der Waals surface area contributed by atoms with E-state index in [0.29, 0.717) is 5.82 Å². The second-order valence-corrected chi connectivity index (χ2v) is 8.59. The van der Waals surface area contributed by atoms with Gasteiger partial charge in [-0.05, 0) is 49.2 Å². The number of halogens is 3. The summed E-state index contributed by atoms with van der Waals surface area (Å²) in [7, 11) is 1.79. The lowest BCUT2D eigenvalue weighted by atomic mass is 10.1. The second-order valence-electron chi connectivity index (χ2n) is 6.52. The van der Waals surface area contributed by atoms with Gasteiger partial charge in [-0.3, -0.25) is 0 Å². The van der Waals surface area contributed by atoms with E-state index < -0.39 is 5.82 Å². The number of aromatic nitrogens is 3. The van der Waals surface area contributed by atoms with Crippen LogP contribution in [0.2, 0.25) is 10.0 Å². The third-order valence-corrected chi connectivity index (χ3v) is 6.39. The summed E-state index contributed by atoms with van der Waals surface area (Å²) in [5.74, 6) is 0.486. The molecule has 2 heterocycles. The lowest BCUT2D eigenvalue weighted by Crippen LogP contribution is -1.94. The summed E-state index contributed by atoms with van der Waals surface area (Å²) < 4.78 is 15.9. The summed E-state index contributed by atoms with van der Waals surface area (Å²) in [5.41, 5.74) is 3.25. The van der Waals surface area contributed by atoms with Gasteiger partial charge in [0.05, 0.1) is 10.6 Å². The van der Waals surface area contributed by atoms with E-state index >= 15 is 0 Å². The van der Waals surface area contributed by atoms with Crippen LogP contribution in [0.1, 0.15) is 10.4 Å². The first-order chi connectivity index (χ1) is 13.3. The Morgan fingerprint density at radius 1 is 1.04 bits per heavy atom. The van der Waals surface area contributed by atoms with Gasteiger partial charge in [-0.15, -0.1) is 11.3 Å². The first-order valence-corrected chi connectivity index (χ1v) is 10.1. The Labute approximate surface area is 176 Å². The fourth-order valence-corrected chi connectivity index (χ4v) is 4.47. The molecule has 0 amide bonds. The van der Waals surface area contributed by atoms with Gasteiger partial charge in [0, 0.05) is 27.4 Å². The molecule has 3 nitrogen and oxygen atoms in total. The molecule has 0 saturated heterocycles. The Morgan fingerprint density at radius 3 is 2.54 bits per heavy atom. The lowest BCUT2D eigenvalue weighted by Gasteiger charge is -2.01. The summed E-state index contributed by atoms with van der Waals surface area (Å²) in [6.45, 7) is 4.01. The molecule has 4 rings (SSSR count). The monoisotopic (exact) mass is 431 g/mol. The van der Waals surface area contributed by atoms with E-state index in [-0.39, 0.29) is 16.4 Å². The molecule has 0 spiro atoms. The van der Waals surface area contributed by atoms with Gasteiger partial charge in [0.25, 0.3) is 0 Å². The molecule has 4 aromatic rings. The predicted octanol–water partition coefficient (Wildman–Crippen LogP) is 6.94. The average molecular weight is 432 g/mol. The smallest absolute Gasteiger partial charge is 0.186 e. The van der Waals surface area contributed by atoms with Crippen LogP contribution in [0.5, 0.6) is 0 Å². The van der Waals surface area contributed by atoms with Crippen molar-refractivity contribution >= 4 is 34.5 Å². The molecular weight excluding hydrogens is 416 g/mol. The molecule has 0 saturated carbocycles. The van der Waals surface area contributed by atoms with Gasteiger partial charge in [0.15, 0.2) is 11.6 Å². The van der Waals surface area contributed by atoms with Crippen molar-refractivity contribution < 1.29 is 4.39 Å². The quantitative estimate of drug-likeness (QED) is 0.351. The minimum absolute atomic E-state index is 0.212. The van der Waals surface area contributed by atoms with Gasteiger partial charge in [0.1, 0.15) is 5.82 Å². The van der Waals surface area contributed by atoms with Crippen LogP contribution in [0.15, 0.2) is 42.5 Å². The molecule has 0 bridgehead atoms. The Balaban J connectivity index is 1.79. The van der Waals surface area contributed by atoms with Crippen LogP contribution in [-0.4, -0.2) is 14.8 Å². The zero-order valence-electron chi connectivity index (χ0n) is 15.4. The van der Waals surface area contributed by atoms with Crippen molar-refractivity contribution in [2.24, 2.45) is 7.05 Å². The van der Waals surface area contributed by atoms with Crippen LogP contribution in [-0.2, 0) is 7.05 Å². The van der Waals surface area contributed by atoms with Crippen LogP contribution < -0.4 is 0 Å². The molecule has 0 N–H and O–H groups in total. The fraction of sp³-hybridized carbons (Fsp3) is 0.143. The van der Waals surface area contributed by atoms with Gasteiger partial charge in [-0.2, -0.15) is 5.10 Å². The van der Waals surface area contributed by atoms with E-state index in [1.807, 2.05) is 26.0 Å². The zero-order valence-corrected chi connectivity index (χ0v) is 17.8. The molecule has 0 aliphatic heterocycles. The maximum atomic E-state index is 14.3. The number of benzene rings is 2. The second kappa shape index (κ2) is 7.32. The third-order valence-electron chi connectivity index (χ3n) is 4.56. The van der Waals surface area contributed by atoms with Crippen molar-refractivity contribution in [3.8, 4) is 33.2 Å². The van der Waals surface area contributed by atoms with E-state index in [9.17, 15) is 4.39 Å². The highest BCUT2D eigenvalue weighted by atomic mass is 35.5. The van der Waals surface area contributed by atoms with Crippen molar-refractivity contribution in [2.75, 3.05) is 0 Å². The van der Waals surface area contributed by atoms with Crippen molar-refractivity contribution in [3.63, 3.8) is 0 Å². The molecule has 0 atom stereocenters. The molecule has 7 heteroatoms. The van der Waals surface area contributed by atoms with E-state index in [2.05, 4.69) is 22.2 Å². The maximum Gasteiger partial charge on any atom is 0.186 e. The minimum atomic E-state index is -0.443. The van der Waals surface area contributed by atoms with E-state index in [4.69, 9.17) is 23.2 Å². The van der Waals surface area contributed by atoms with Crippen molar-refractivity contribution in [2.45, 2.75) is 13.8 Å². The molecule has 0 unspecified atom stereocenters. The Morgan fingerprint density at radius 2 is 1.82 bits per heavy atom. The summed E-state index contributed by atoms with van der Waals surface area (Å²) in [6, 6.07) is 12.6. The number of nitrogens with zero attached hydrogens (tertiary/aromatic N) is 3. The Hall–Kier alpha value is -2.21. The topological polar surface area (TPSA) is 30.7 Å². The zero-order chi connectivity index (χ0) is 20.0. The highest BCUT2D eigenvalue weighted by Gasteiger charge is 2.20. The maximum absolute atomic E-state index is 14.3. The fourth-order valence-electron chi connectivity index (χ4n) is 3.03. The van der Waals surface area contributed by atoms with Crippen LogP contribution in [0, 0.1) is 19.7 Å². The van der Waals surface area contributed by atoms with E-state index in [1.54, 1.807) is 35.2 Å². The number of rotatable bonds is 3. The minimum Gasteiger partial charge on any atom is -0.248 e. The van der Waals surface area contributed by atoms with Crippen LogP contribution in [0.4, 0.5) is 4.39 Å². The van der Waals surface area contributed by atoms with E-state index in [0.717, 1.165) is 31.5 Å². The lowest BCUT2D eigenvalue weighted by molar-refractivity contribution is 0.629. The van der Waals surface area contributed by atoms with E-state index in [1.165, 1.54) is 6.07 Å². The Kier molecular flexibility index (Phi) is 5.00. The molecule has 0 radical (unpaired) electrons. The summed E-state index contributed by atoms with van der Waals surface area (Å²) in [6.07, 6.45) is 0. The normalized spacial score (nSPS) is 11.2. The molecule has 2 aromatic heterocycles. The van der Waals surface area contributed by atoms with Crippen molar-refractivity contribution in [1.29, 1.82) is 0 Å². The number of aryl methyl sites for hydroxylation is 3. The molecule has 142 valence electrons. The highest BCUT2D eigenvalue weighted by molar-refractivity contribution is 7.16. The standard InChI is InChI=1S/C21H16Cl2FN3S/c1-11-7-8-13(9-16(11)23)18-10-14(12(2)28-18)21-25-20(26-27(21)3)19-15(22)5-4-6-17(19)24/h4-10H,1-3H3. The average Bonchev–Trinajstić information content (AvgIpc) is 3.20. The van der Waals surface area contributed by atoms with Gasteiger partial charge in [0.2, 0.25) is 0 Å². The van der Waals surface area contributed by atoms with Gasteiger partial charge >= 0.3 is 0 Å². The van der Waals surface area contributed by atoms with Gasteiger partial charge in [-0.1, -0.05) is 41.4 Å². The first kappa shape index (κ1) is 19.1. The first-order valence-electron chi connectivity index (χ1n) is 8.58. The molecule has 2 aromatic carbocycles. The number of hydrogen-bond donors (Lipinski definition) is 0. The molecule has 0 aliphatic carbocycles. The SMILES string of the molecule is Cc1ccc(-c2cc(-c3nc(-c4c(F)cccc4Cl)nn3C)c(C)s2)cc1Cl. The Bertz CT molecular complexity index is 1180. The van der Waals surface area contributed by atoms with Gasteiger partial charge < -0.3 is 0 Å². The van der Waals surface area contributed by atoms with Crippen molar-refractivity contribution in [1.82, 2.24) is 14.8 Å². The number of thiophene rings is 1. The molecular formula is C21H16Cl2FN3S. The van der Waals surface area contributed by atoms with Crippen molar-refractivity contribution in [3.05, 3.63) is 68.8 Å². The molecule has 0 fully saturated rings. The van der Waals surface area contributed by atoms with Gasteiger partial charge in [-0.25, -0.2) is 14.1 Å². The summed E-state index contributed by atoms with van der Waals surface area (Å²) >= 11 is 14.1. The molecule has 0 aliphatic rings. The van der Waals surface area contributed by atoms with Crippen LogP contribution >= 0.6 is 34.5 Å². The molecule has 28 heavy (non-hydrogen) atoms. The third kappa shape index (κ3) is 3.34. The van der Waals surface area contributed by atoms with Crippen LogP contribution in [0.25, 0.3) is 33.2 Å². The highest BCUT2D eigenvalue weighted by Crippen LogP contribution is 2.38. The summed E-state index contributed by atoms with van der Waals surface area (Å²) in [5, 5.41) is 5.41. The van der Waals surface area contributed by atoms with Crippen LogP contribution in [0.3, 0.4) is 0 Å². The largest absolute Gasteiger partial charge is 0.248 e. The summed E-state index contributed by atoms with van der Waals surface area (Å²) in [4.78, 5) is 6.76. The predicted molar refractivity (Wildman–Crippen MR) is 115 cm³/mol.